The summed E-state index contributed by atoms with van der Waals surface area (Å²) in [7, 11) is 0. The standard InChI is InChI=1S/C29H28ClN7O6/c30-23-16(9-12-20-22(23)24(31)37-29(32)36-20)14-34-17-10-7-15(8-11-17)25(38)35-21(28(42)43)6-3-13-33-26(39)18-4-1-2-5-19(18)27(40)41/h1-2,4-5,7-12,21,34H,3,6,13-14H2,(H,33,39)(H,35,38)(H,40,41)(H,42,43)(H4,31,32,36,37)/t21-/m0/s1. The maximum Gasteiger partial charge on any atom is 0.336 e. The van der Waals surface area contributed by atoms with Gasteiger partial charge in [0.2, 0.25) is 5.95 Å². The highest BCUT2D eigenvalue weighted by atomic mass is 35.5. The van der Waals surface area contributed by atoms with Crippen LogP contribution < -0.4 is 27.4 Å². The minimum absolute atomic E-state index is 0.00120. The van der Waals surface area contributed by atoms with Gasteiger partial charge in [-0.2, -0.15) is 4.98 Å². The van der Waals surface area contributed by atoms with Crippen LogP contribution in [0.2, 0.25) is 5.02 Å². The van der Waals surface area contributed by atoms with E-state index in [1.165, 1.54) is 18.2 Å². The lowest BCUT2D eigenvalue weighted by molar-refractivity contribution is -0.139. The van der Waals surface area contributed by atoms with Crippen LogP contribution in [-0.4, -0.2) is 56.5 Å². The number of halogens is 1. The van der Waals surface area contributed by atoms with Crippen LogP contribution in [0.1, 0.15) is 49.5 Å². The number of fused-ring (bicyclic) bond motifs is 1. The summed E-state index contributed by atoms with van der Waals surface area (Å²) >= 11 is 6.53. The molecule has 4 rings (SSSR count). The van der Waals surface area contributed by atoms with E-state index in [0.717, 1.165) is 5.56 Å². The van der Waals surface area contributed by atoms with Gasteiger partial charge in [-0.25, -0.2) is 14.6 Å². The summed E-state index contributed by atoms with van der Waals surface area (Å²) in [5, 5.41) is 28.0. The molecular formula is C29H28ClN7O6. The molecule has 13 nitrogen and oxygen atoms in total. The third-order valence-corrected chi connectivity index (χ3v) is 6.95. The molecule has 0 saturated heterocycles. The Balaban J connectivity index is 1.29. The molecule has 0 unspecified atom stereocenters. The molecule has 4 aromatic rings. The first-order valence-electron chi connectivity index (χ1n) is 13.0. The fraction of sp³-hybridized carbons (Fsp3) is 0.172. The first-order valence-corrected chi connectivity index (χ1v) is 13.4. The van der Waals surface area contributed by atoms with Gasteiger partial charge in [-0.05, 0) is 60.9 Å². The zero-order valence-corrected chi connectivity index (χ0v) is 23.4. The summed E-state index contributed by atoms with van der Waals surface area (Å²) in [6.07, 6.45) is 0.264. The molecule has 14 heteroatoms. The fourth-order valence-corrected chi connectivity index (χ4v) is 4.64. The van der Waals surface area contributed by atoms with Crippen LogP contribution >= 0.6 is 11.6 Å². The summed E-state index contributed by atoms with van der Waals surface area (Å²) in [5.41, 5.74) is 13.7. The van der Waals surface area contributed by atoms with Crippen LogP contribution in [0.25, 0.3) is 10.9 Å². The van der Waals surface area contributed by atoms with E-state index in [9.17, 15) is 29.4 Å². The maximum absolute atomic E-state index is 12.7. The summed E-state index contributed by atoms with van der Waals surface area (Å²) in [6, 6.07) is 14.5. The predicted molar refractivity (Wildman–Crippen MR) is 161 cm³/mol. The van der Waals surface area contributed by atoms with Crippen LogP contribution in [0, 0.1) is 0 Å². The van der Waals surface area contributed by atoms with E-state index < -0.39 is 29.8 Å². The Hall–Kier alpha value is -5.43. The monoisotopic (exact) mass is 605 g/mol. The van der Waals surface area contributed by atoms with E-state index in [1.807, 2.05) is 0 Å². The number of amides is 2. The van der Waals surface area contributed by atoms with E-state index >= 15 is 0 Å². The highest BCUT2D eigenvalue weighted by Crippen LogP contribution is 2.31. The zero-order chi connectivity index (χ0) is 31.1. The smallest absolute Gasteiger partial charge is 0.336 e. The Morgan fingerprint density at radius 2 is 1.58 bits per heavy atom. The molecular weight excluding hydrogens is 578 g/mol. The highest BCUT2D eigenvalue weighted by Gasteiger charge is 2.21. The molecule has 0 aliphatic heterocycles. The number of nitrogen functional groups attached to an aromatic ring is 2. The number of carbonyl (C=O) groups is 4. The van der Waals surface area contributed by atoms with E-state index in [2.05, 4.69) is 25.9 Å². The molecule has 2 amide bonds. The molecule has 222 valence electrons. The van der Waals surface area contributed by atoms with Crippen LogP contribution in [0.4, 0.5) is 17.5 Å². The lowest BCUT2D eigenvalue weighted by atomic mass is 10.1. The number of aromatic carboxylic acids is 1. The molecule has 43 heavy (non-hydrogen) atoms. The summed E-state index contributed by atoms with van der Waals surface area (Å²) in [6.45, 7) is 0.422. The van der Waals surface area contributed by atoms with Crippen molar-refractivity contribution in [2.24, 2.45) is 0 Å². The molecule has 1 aromatic heterocycles. The number of aromatic nitrogens is 2. The second-order valence-electron chi connectivity index (χ2n) is 9.44. The Labute approximate surface area is 250 Å². The number of carbonyl (C=O) groups excluding carboxylic acids is 2. The lowest BCUT2D eigenvalue weighted by Gasteiger charge is -2.15. The van der Waals surface area contributed by atoms with Crippen molar-refractivity contribution in [1.82, 2.24) is 20.6 Å². The molecule has 0 aliphatic rings. The normalized spacial score (nSPS) is 11.5. The zero-order valence-electron chi connectivity index (χ0n) is 22.6. The number of nitrogens with two attached hydrogens (primary N) is 2. The average Bonchev–Trinajstić information content (AvgIpc) is 2.97. The minimum atomic E-state index is -1.23. The van der Waals surface area contributed by atoms with E-state index in [1.54, 1.807) is 42.5 Å². The largest absolute Gasteiger partial charge is 0.480 e. The van der Waals surface area contributed by atoms with Gasteiger partial charge in [-0.1, -0.05) is 29.8 Å². The van der Waals surface area contributed by atoms with Gasteiger partial charge < -0.3 is 37.6 Å². The van der Waals surface area contributed by atoms with Crippen molar-refractivity contribution in [1.29, 1.82) is 0 Å². The van der Waals surface area contributed by atoms with Crippen molar-refractivity contribution >= 4 is 63.7 Å². The first-order chi connectivity index (χ1) is 20.5. The number of anilines is 3. The van der Waals surface area contributed by atoms with Crippen molar-refractivity contribution < 1.29 is 29.4 Å². The van der Waals surface area contributed by atoms with Gasteiger partial charge in [-0.15, -0.1) is 0 Å². The first kappa shape index (κ1) is 30.5. The third-order valence-electron chi connectivity index (χ3n) is 6.52. The molecule has 1 atom stereocenters. The van der Waals surface area contributed by atoms with Gasteiger partial charge in [0.1, 0.15) is 11.9 Å². The van der Waals surface area contributed by atoms with Crippen molar-refractivity contribution in [3.05, 3.63) is 87.9 Å². The Morgan fingerprint density at radius 1 is 0.884 bits per heavy atom. The van der Waals surface area contributed by atoms with Crippen LogP contribution in [0.5, 0.6) is 0 Å². The fourth-order valence-electron chi connectivity index (χ4n) is 4.32. The molecule has 0 spiro atoms. The quantitative estimate of drug-likeness (QED) is 0.116. The topological polar surface area (TPSA) is 223 Å². The maximum atomic E-state index is 12.7. The molecule has 0 fully saturated rings. The van der Waals surface area contributed by atoms with Crippen LogP contribution in [0.3, 0.4) is 0 Å². The molecule has 0 radical (unpaired) electrons. The van der Waals surface area contributed by atoms with E-state index in [4.69, 9.17) is 23.1 Å². The minimum Gasteiger partial charge on any atom is -0.480 e. The lowest BCUT2D eigenvalue weighted by Crippen LogP contribution is -2.41. The number of nitrogens with zero attached hydrogens (tertiary/aromatic N) is 2. The summed E-state index contributed by atoms with van der Waals surface area (Å²) in [5.74, 6) is -3.40. The van der Waals surface area contributed by atoms with E-state index in [-0.39, 0.29) is 47.8 Å². The SMILES string of the molecule is Nc1nc(N)c2c(Cl)c(CNc3ccc(C(=O)N[C@@H](CCCNC(=O)c4ccccc4C(=O)O)C(=O)O)cc3)ccc2n1. The molecule has 0 aliphatic carbocycles. The molecule has 3 aromatic carbocycles. The molecule has 9 N–H and O–H groups in total. The van der Waals surface area contributed by atoms with Gasteiger partial charge in [0, 0.05) is 24.3 Å². The van der Waals surface area contributed by atoms with Crippen molar-refractivity contribution in [3.63, 3.8) is 0 Å². The average molecular weight is 606 g/mol. The van der Waals surface area contributed by atoms with Crippen molar-refractivity contribution in [2.45, 2.75) is 25.4 Å². The second kappa shape index (κ2) is 13.5. The van der Waals surface area contributed by atoms with Gasteiger partial charge in [0.25, 0.3) is 11.8 Å². The predicted octanol–water partition coefficient (Wildman–Crippen LogP) is 3.15. The Kier molecular flexibility index (Phi) is 9.58. The van der Waals surface area contributed by atoms with Gasteiger partial charge in [-0.3, -0.25) is 9.59 Å². The van der Waals surface area contributed by atoms with Gasteiger partial charge >= 0.3 is 11.9 Å². The number of nitrogens with one attached hydrogen (secondary N) is 3. The summed E-state index contributed by atoms with van der Waals surface area (Å²) < 4.78 is 0. The number of hydrogen-bond donors (Lipinski definition) is 7. The molecule has 0 bridgehead atoms. The number of benzene rings is 3. The number of hydrogen-bond acceptors (Lipinski definition) is 9. The second-order valence-corrected chi connectivity index (χ2v) is 9.82. The Bertz CT molecular complexity index is 1700. The third kappa shape index (κ3) is 7.45. The number of aliphatic carboxylic acids is 1. The van der Waals surface area contributed by atoms with Crippen molar-refractivity contribution in [3.8, 4) is 0 Å². The van der Waals surface area contributed by atoms with E-state index in [0.29, 0.717) is 28.2 Å². The van der Waals surface area contributed by atoms with Crippen molar-refractivity contribution in [2.75, 3.05) is 23.3 Å². The van der Waals surface area contributed by atoms with Gasteiger partial charge in [0.15, 0.2) is 0 Å². The molecule has 1 heterocycles. The number of carboxylic acids is 2. The Morgan fingerprint density at radius 3 is 2.26 bits per heavy atom. The summed E-state index contributed by atoms with van der Waals surface area (Å²) in [4.78, 5) is 56.3. The van der Waals surface area contributed by atoms with Crippen LogP contribution in [0.15, 0.2) is 60.7 Å². The van der Waals surface area contributed by atoms with Crippen LogP contribution in [-0.2, 0) is 11.3 Å². The number of rotatable bonds is 12. The van der Waals surface area contributed by atoms with Gasteiger partial charge in [0.05, 0.1) is 27.1 Å². The molecule has 0 saturated carbocycles. The highest BCUT2D eigenvalue weighted by molar-refractivity contribution is 6.37. The number of carboxylic acid groups (broad SMARTS) is 2.